The van der Waals surface area contributed by atoms with Gasteiger partial charge < -0.3 is 9.47 Å². The molecule has 20 heavy (non-hydrogen) atoms. The normalized spacial score (nSPS) is 10.9. The van der Waals surface area contributed by atoms with E-state index < -0.39 is 0 Å². The monoisotopic (exact) mass is 291 g/mol. The molecule has 0 amide bonds. The van der Waals surface area contributed by atoms with E-state index in [2.05, 4.69) is 4.98 Å². The Labute approximate surface area is 122 Å². The largest absolute Gasteiger partial charge is 0.487 e. The zero-order chi connectivity index (χ0) is 14.4. The van der Waals surface area contributed by atoms with Crippen LogP contribution in [-0.4, -0.2) is 24.2 Å². The predicted octanol–water partition coefficient (Wildman–Crippen LogP) is 3.39. The van der Waals surface area contributed by atoms with Crippen molar-refractivity contribution in [1.29, 1.82) is 0 Å². The molecule has 1 heterocycles. The van der Waals surface area contributed by atoms with Crippen molar-refractivity contribution >= 4 is 28.5 Å². The van der Waals surface area contributed by atoms with Gasteiger partial charge in [-0.1, -0.05) is 11.6 Å². The van der Waals surface area contributed by atoms with Crippen molar-refractivity contribution in [2.75, 3.05) is 13.2 Å². The molecule has 1 aromatic heterocycles. The first-order chi connectivity index (χ1) is 9.72. The molecule has 0 aliphatic carbocycles. The van der Waals surface area contributed by atoms with E-state index in [0.29, 0.717) is 22.9 Å². The molecular formula is C15H14ClNO3. The van der Waals surface area contributed by atoms with Gasteiger partial charge in [0.15, 0.2) is 0 Å². The summed E-state index contributed by atoms with van der Waals surface area (Å²) in [6.07, 6.45) is 4.62. The topological polar surface area (TPSA) is 48.4 Å². The Kier molecular flexibility index (Phi) is 4.96. The lowest BCUT2D eigenvalue weighted by atomic mass is 10.2. The maximum Gasteiger partial charge on any atom is 0.330 e. The van der Waals surface area contributed by atoms with Crippen LogP contribution in [0.4, 0.5) is 0 Å². The van der Waals surface area contributed by atoms with Crippen molar-refractivity contribution in [3.8, 4) is 5.75 Å². The third kappa shape index (κ3) is 3.48. The molecule has 0 bridgehead atoms. The van der Waals surface area contributed by atoms with Crippen LogP contribution in [0.25, 0.3) is 10.9 Å². The van der Waals surface area contributed by atoms with E-state index in [9.17, 15) is 4.79 Å². The fourth-order valence-corrected chi connectivity index (χ4v) is 1.92. The van der Waals surface area contributed by atoms with Gasteiger partial charge in [-0.05, 0) is 37.3 Å². The minimum atomic E-state index is -0.379. The van der Waals surface area contributed by atoms with Crippen LogP contribution in [0.5, 0.6) is 5.75 Å². The number of carbonyl (C=O) groups excluding carboxylic acids is 1. The second kappa shape index (κ2) is 6.91. The van der Waals surface area contributed by atoms with E-state index in [1.54, 1.807) is 31.3 Å². The highest BCUT2D eigenvalue weighted by Crippen LogP contribution is 2.29. The molecule has 0 aliphatic heterocycles. The van der Waals surface area contributed by atoms with E-state index in [4.69, 9.17) is 21.1 Å². The van der Waals surface area contributed by atoms with Gasteiger partial charge in [0.1, 0.15) is 17.9 Å². The quantitative estimate of drug-likeness (QED) is 0.626. The van der Waals surface area contributed by atoms with Gasteiger partial charge in [0, 0.05) is 17.7 Å². The molecule has 0 saturated heterocycles. The van der Waals surface area contributed by atoms with Gasteiger partial charge in [0.25, 0.3) is 0 Å². The lowest BCUT2D eigenvalue weighted by Crippen LogP contribution is -2.01. The van der Waals surface area contributed by atoms with E-state index in [1.165, 1.54) is 6.08 Å². The van der Waals surface area contributed by atoms with Crippen LogP contribution < -0.4 is 4.74 Å². The molecule has 104 valence electrons. The van der Waals surface area contributed by atoms with Crippen LogP contribution in [0.3, 0.4) is 0 Å². The van der Waals surface area contributed by atoms with Crippen molar-refractivity contribution in [2.24, 2.45) is 0 Å². The number of aromatic nitrogens is 1. The Bertz CT molecular complexity index is 640. The van der Waals surface area contributed by atoms with Gasteiger partial charge >= 0.3 is 5.97 Å². The summed E-state index contributed by atoms with van der Waals surface area (Å²) < 4.78 is 10.4. The Balaban J connectivity index is 2.07. The summed E-state index contributed by atoms with van der Waals surface area (Å²) in [5.74, 6) is 0.244. The molecule has 0 N–H and O–H groups in total. The van der Waals surface area contributed by atoms with Crippen molar-refractivity contribution < 1.29 is 14.3 Å². The summed E-state index contributed by atoms with van der Waals surface area (Å²) in [4.78, 5) is 15.4. The van der Waals surface area contributed by atoms with Crippen LogP contribution in [0, 0.1) is 0 Å². The molecule has 4 nitrogen and oxygen atoms in total. The van der Waals surface area contributed by atoms with Gasteiger partial charge in [-0.25, -0.2) is 4.79 Å². The molecule has 1 aromatic carbocycles. The molecule has 0 radical (unpaired) electrons. The highest BCUT2D eigenvalue weighted by molar-refractivity contribution is 6.35. The summed E-state index contributed by atoms with van der Waals surface area (Å²) in [7, 11) is 0. The second-order valence-corrected chi connectivity index (χ2v) is 4.32. The fourth-order valence-electron chi connectivity index (χ4n) is 1.70. The molecule has 5 heteroatoms. The van der Waals surface area contributed by atoms with Crippen LogP contribution in [-0.2, 0) is 9.53 Å². The molecular weight excluding hydrogens is 278 g/mol. The van der Waals surface area contributed by atoms with Gasteiger partial charge in [0.05, 0.1) is 11.6 Å². The van der Waals surface area contributed by atoms with Crippen LogP contribution in [0.15, 0.2) is 42.6 Å². The standard InChI is InChI=1S/C15H14ClNO3/c1-2-19-14(18)6-4-10-20-13-8-7-12(16)11-5-3-9-17-15(11)13/h3-9H,2,10H2,1H3/b6-4+. The minimum absolute atomic E-state index is 0.256. The highest BCUT2D eigenvalue weighted by atomic mass is 35.5. The Morgan fingerprint density at radius 1 is 1.40 bits per heavy atom. The number of pyridine rings is 1. The lowest BCUT2D eigenvalue weighted by Gasteiger charge is -2.07. The fraction of sp³-hybridized carbons (Fsp3) is 0.200. The van der Waals surface area contributed by atoms with E-state index >= 15 is 0 Å². The average molecular weight is 292 g/mol. The summed E-state index contributed by atoms with van der Waals surface area (Å²) in [5.41, 5.74) is 0.699. The lowest BCUT2D eigenvalue weighted by molar-refractivity contribution is -0.137. The average Bonchev–Trinajstić information content (AvgIpc) is 2.46. The number of nitrogens with zero attached hydrogens (tertiary/aromatic N) is 1. The highest BCUT2D eigenvalue weighted by Gasteiger charge is 2.05. The van der Waals surface area contributed by atoms with Gasteiger partial charge in [-0.15, -0.1) is 0 Å². The molecule has 0 spiro atoms. The minimum Gasteiger partial charge on any atom is -0.487 e. The maximum atomic E-state index is 11.1. The van der Waals surface area contributed by atoms with Crippen molar-refractivity contribution in [1.82, 2.24) is 4.98 Å². The number of carbonyl (C=O) groups is 1. The molecule has 2 aromatic rings. The number of fused-ring (bicyclic) bond motifs is 1. The van der Waals surface area contributed by atoms with E-state index in [1.807, 2.05) is 12.1 Å². The van der Waals surface area contributed by atoms with Gasteiger partial charge in [-0.3, -0.25) is 4.98 Å². The molecule has 0 fully saturated rings. The third-order valence-corrected chi connectivity index (χ3v) is 2.88. The summed E-state index contributed by atoms with van der Waals surface area (Å²) in [6, 6.07) is 7.22. The number of hydrogen-bond acceptors (Lipinski definition) is 4. The van der Waals surface area contributed by atoms with Gasteiger partial charge in [-0.2, -0.15) is 0 Å². The van der Waals surface area contributed by atoms with Crippen molar-refractivity contribution in [2.45, 2.75) is 6.92 Å². The van der Waals surface area contributed by atoms with Gasteiger partial charge in [0.2, 0.25) is 0 Å². The first kappa shape index (κ1) is 14.3. The number of halogens is 1. The Morgan fingerprint density at radius 2 is 2.25 bits per heavy atom. The molecule has 0 aliphatic rings. The molecule has 0 unspecified atom stereocenters. The first-order valence-electron chi connectivity index (χ1n) is 6.21. The smallest absolute Gasteiger partial charge is 0.330 e. The molecule has 0 atom stereocenters. The second-order valence-electron chi connectivity index (χ2n) is 3.91. The molecule has 0 saturated carbocycles. The zero-order valence-corrected chi connectivity index (χ0v) is 11.8. The Morgan fingerprint density at radius 3 is 3.05 bits per heavy atom. The van der Waals surface area contributed by atoms with Crippen molar-refractivity contribution in [3.05, 3.63) is 47.6 Å². The maximum absolute atomic E-state index is 11.1. The number of hydrogen-bond donors (Lipinski definition) is 0. The predicted molar refractivity (Wildman–Crippen MR) is 78.0 cm³/mol. The summed E-state index contributed by atoms with van der Waals surface area (Å²) in [6.45, 7) is 2.37. The molecule has 2 rings (SSSR count). The first-order valence-corrected chi connectivity index (χ1v) is 6.59. The number of benzene rings is 1. The zero-order valence-electron chi connectivity index (χ0n) is 11.0. The number of rotatable bonds is 5. The van der Waals surface area contributed by atoms with Crippen LogP contribution in [0.2, 0.25) is 5.02 Å². The van der Waals surface area contributed by atoms with E-state index in [-0.39, 0.29) is 12.6 Å². The van der Waals surface area contributed by atoms with Crippen molar-refractivity contribution in [3.63, 3.8) is 0 Å². The Hall–Kier alpha value is -2.07. The van der Waals surface area contributed by atoms with E-state index in [0.717, 1.165) is 5.39 Å². The third-order valence-electron chi connectivity index (χ3n) is 2.56. The van der Waals surface area contributed by atoms with Crippen LogP contribution in [0.1, 0.15) is 6.92 Å². The number of esters is 1. The number of ether oxygens (including phenoxy) is 2. The SMILES string of the molecule is CCOC(=O)/C=C/COc1ccc(Cl)c2cccnc12. The van der Waals surface area contributed by atoms with Crippen LogP contribution >= 0.6 is 11.6 Å². The summed E-state index contributed by atoms with van der Waals surface area (Å²) >= 11 is 6.10. The summed E-state index contributed by atoms with van der Waals surface area (Å²) in [5, 5.41) is 1.46.